The van der Waals surface area contributed by atoms with Crippen molar-refractivity contribution >= 4 is 5.69 Å². The molecule has 20 heavy (non-hydrogen) atoms. The highest BCUT2D eigenvalue weighted by molar-refractivity contribution is 5.52. The van der Waals surface area contributed by atoms with Gasteiger partial charge < -0.3 is 5.73 Å². The van der Waals surface area contributed by atoms with Crippen LogP contribution in [0.5, 0.6) is 0 Å². The third kappa shape index (κ3) is 2.70. The lowest BCUT2D eigenvalue weighted by atomic mass is 10.1. The Balaban J connectivity index is 1.60. The molecule has 1 atom stereocenters. The summed E-state index contributed by atoms with van der Waals surface area (Å²) in [6, 6.07) is 17.6. The van der Waals surface area contributed by atoms with Gasteiger partial charge in [-0.1, -0.05) is 42.5 Å². The molecule has 2 aromatic rings. The molecule has 2 nitrogen and oxygen atoms in total. The summed E-state index contributed by atoms with van der Waals surface area (Å²) in [5, 5.41) is 0. The quantitative estimate of drug-likeness (QED) is 0.857. The Bertz CT molecular complexity index is 577. The van der Waals surface area contributed by atoms with Gasteiger partial charge in [0.15, 0.2) is 0 Å². The number of nitrogen functional groups attached to an aromatic ring is 1. The Hall–Kier alpha value is -1.80. The van der Waals surface area contributed by atoms with Crippen molar-refractivity contribution in [1.82, 2.24) is 4.90 Å². The Morgan fingerprint density at radius 3 is 2.60 bits per heavy atom. The van der Waals surface area contributed by atoms with Crippen LogP contribution in [-0.2, 0) is 19.5 Å². The summed E-state index contributed by atoms with van der Waals surface area (Å²) in [5.41, 5.74) is 11.2. The van der Waals surface area contributed by atoms with E-state index in [1.165, 1.54) is 23.1 Å². The Morgan fingerprint density at radius 2 is 1.85 bits per heavy atom. The van der Waals surface area contributed by atoms with Gasteiger partial charge >= 0.3 is 0 Å². The lowest BCUT2D eigenvalue weighted by Crippen LogP contribution is -2.28. The van der Waals surface area contributed by atoms with Crippen LogP contribution in [0.15, 0.2) is 48.5 Å². The first kappa shape index (κ1) is 13.2. The normalized spacial score (nSPS) is 16.1. The van der Waals surface area contributed by atoms with Crippen molar-refractivity contribution in [2.75, 3.05) is 5.73 Å². The maximum Gasteiger partial charge on any atom is 0.0363 e. The number of aryl methyl sites for hydroxylation is 1. The number of rotatable bonds is 4. The molecule has 1 heterocycles. The van der Waals surface area contributed by atoms with Crippen molar-refractivity contribution in [2.24, 2.45) is 0 Å². The monoisotopic (exact) mass is 266 g/mol. The number of hydrogen-bond acceptors (Lipinski definition) is 2. The SMILES string of the molecule is CC(CCc1ccccc1)N1Cc2cccc(N)c2C1. The van der Waals surface area contributed by atoms with Crippen LogP contribution in [0, 0.1) is 0 Å². The molecule has 1 unspecified atom stereocenters. The van der Waals surface area contributed by atoms with Crippen molar-refractivity contribution in [3.8, 4) is 0 Å². The first-order valence-electron chi connectivity index (χ1n) is 7.38. The van der Waals surface area contributed by atoms with E-state index in [1.54, 1.807) is 0 Å². The lowest BCUT2D eigenvalue weighted by Gasteiger charge is -2.23. The van der Waals surface area contributed by atoms with E-state index in [0.29, 0.717) is 6.04 Å². The van der Waals surface area contributed by atoms with Gasteiger partial charge in [0.05, 0.1) is 0 Å². The molecule has 104 valence electrons. The number of anilines is 1. The fourth-order valence-electron chi connectivity index (χ4n) is 2.99. The molecular formula is C18H22N2. The second kappa shape index (κ2) is 5.68. The van der Waals surface area contributed by atoms with Crippen LogP contribution in [0.2, 0.25) is 0 Å². The average Bonchev–Trinajstić information content (AvgIpc) is 2.91. The molecule has 2 aromatic carbocycles. The number of nitrogens with two attached hydrogens (primary N) is 1. The fourth-order valence-corrected chi connectivity index (χ4v) is 2.99. The van der Waals surface area contributed by atoms with E-state index in [9.17, 15) is 0 Å². The van der Waals surface area contributed by atoms with Gasteiger partial charge in [0.25, 0.3) is 0 Å². The first-order chi connectivity index (χ1) is 9.74. The van der Waals surface area contributed by atoms with E-state index in [2.05, 4.69) is 54.3 Å². The van der Waals surface area contributed by atoms with E-state index in [0.717, 1.165) is 25.2 Å². The van der Waals surface area contributed by atoms with E-state index in [1.807, 2.05) is 6.07 Å². The van der Waals surface area contributed by atoms with Crippen LogP contribution in [0.4, 0.5) is 5.69 Å². The molecule has 1 aliphatic rings. The molecule has 0 amide bonds. The van der Waals surface area contributed by atoms with Crippen molar-refractivity contribution in [3.63, 3.8) is 0 Å². The molecule has 0 aliphatic carbocycles. The molecule has 2 heteroatoms. The maximum atomic E-state index is 6.07. The first-order valence-corrected chi connectivity index (χ1v) is 7.38. The van der Waals surface area contributed by atoms with Crippen molar-refractivity contribution < 1.29 is 0 Å². The molecule has 3 rings (SSSR count). The number of nitrogens with zero attached hydrogens (tertiary/aromatic N) is 1. The van der Waals surface area contributed by atoms with Crippen molar-refractivity contribution in [3.05, 3.63) is 65.2 Å². The molecule has 2 N–H and O–H groups in total. The van der Waals surface area contributed by atoms with E-state index in [-0.39, 0.29) is 0 Å². The van der Waals surface area contributed by atoms with Crippen molar-refractivity contribution in [1.29, 1.82) is 0 Å². The second-order valence-electron chi connectivity index (χ2n) is 5.76. The van der Waals surface area contributed by atoms with E-state index < -0.39 is 0 Å². The molecule has 0 aromatic heterocycles. The standard InChI is InChI=1S/C18H22N2/c1-14(10-11-15-6-3-2-4-7-15)20-12-16-8-5-9-18(19)17(16)13-20/h2-9,14H,10-13,19H2,1H3. The summed E-state index contributed by atoms with van der Waals surface area (Å²) in [7, 11) is 0. The van der Waals surface area contributed by atoms with Crippen LogP contribution in [0.3, 0.4) is 0 Å². The van der Waals surface area contributed by atoms with Crippen LogP contribution in [0.1, 0.15) is 30.0 Å². The molecule has 0 saturated carbocycles. The zero-order chi connectivity index (χ0) is 13.9. The van der Waals surface area contributed by atoms with Gasteiger partial charge in [0, 0.05) is 24.8 Å². The summed E-state index contributed by atoms with van der Waals surface area (Å²) in [6.07, 6.45) is 2.34. The van der Waals surface area contributed by atoms with Gasteiger partial charge in [0.1, 0.15) is 0 Å². The predicted octanol–water partition coefficient (Wildman–Crippen LogP) is 3.61. The smallest absolute Gasteiger partial charge is 0.0363 e. The second-order valence-corrected chi connectivity index (χ2v) is 5.76. The highest BCUT2D eigenvalue weighted by Crippen LogP contribution is 2.29. The van der Waals surface area contributed by atoms with Crippen molar-refractivity contribution in [2.45, 2.75) is 38.9 Å². The molecule has 0 saturated heterocycles. The molecule has 1 aliphatic heterocycles. The van der Waals surface area contributed by atoms with Crippen LogP contribution >= 0.6 is 0 Å². The van der Waals surface area contributed by atoms with Gasteiger partial charge in [0.2, 0.25) is 0 Å². The van der Waals surface area contributed by atoms with Crippen LogP contribution in [-0.4, -0.2) is 10.9 Å². The molecule has 0 spiro atoms. The van der Waals surface area contributed by atoms with Gasteiger partial charge in [-0.25, -0.2) is 0 Å². The van der Waals surface area contributed by atoms with E-state index in [4.69, 9.17) is 5.73 Å². The van der Waals surface area contributed by atoms with Gasteiger partial charge in [-0.05, 0) is 42.5 Å². The summed E-state index contributed by atoms with van der Waals surface area (Å²) < 4.78 is 0. The molecule has 0 fully saturated rings. The largest absolute Gasteiger partial charge is 0.398 e. The summed E-state index contributed by atoms with van der Waals surface area (Å²) in [5.74, 6) is 0. The predicted molar refractivity (Wildman–Crippen MR) is 84.3 cm³/mol. The van der Waals surface area contributed by atoms with Gasteiger partial charge in [-0.3, -0.25) is 4.90 Å². The van der Waals surface area contributed by atoms with Crippen LogP contribution < -0.4 is 5.73 Å². The Morgan fingerprint density at radius 1 is 1.05 bits per heavy atom. The number of fused-ring (bicyclic) bond motifs is 1. The third-order valence-electron chi connectivity index (χ3n) is 4.36. The molecule has 0 radical (unpaired) electrons. The van der Waals surface area contributed by atoms with E-state index >= 15 is 0 Å². The molecule has 0 bridgehead atoms. The maximum absolute atomic E-state index is 6.07. The van der Waals surface area contributed by atoms with Crippen LogP contribution in [0.25, 0.3) is 0 Å². The summed E-state index contributed by atoms with van der Waals surface area (Å²) >= 11 is 0. The fraction of sp³-hybridized carbons (Fsp3) is 0.333. The summed E-state index contributed by atoms with van der Waals surface area (Å²) in [4.78, 5) is 2.53. The highest BCUT2D eigenvalue weighted by Gasteiger charge is 2.24. The average molecular weight is 266 g/mol. The third-order valence-corrected chi connectivity index (χ3v) is 4.36. The summed E-state index contributed by atoms with van der Waals surface area (Å²) in [6.45, 7) is 4.36. The Labute approximate surface area is 121 Å². The molecular weight excluding hydrogens is 244 g/mol. The minimum absolute atomic E-state index is 0.585. The minimum atomic E-state index is 0.585. The lowest BCUT2D eigenvalue weighted by molar-refractivity contribution is 0.203. The highest BCUT2D eigenvalue weighted by atomic mass is 15.2. The van der Waals surface area contributed by atoms with Gasteiger partial charge in [-0.2, -0.15) is 0 Å². The zero-order valence-corrected chi connectivity index (χ0v) is 12.0. The van der Waals surface area contributed by atoms with Gasteiger partial charge in [-0.15, -0.1) is 0 Å². The zero-order valence-electron chi connectivity index (χ0n) is 12.0. The topological polar surface area (TPSA) is 29.3 Å². The number of hydrogen-bond donors (Lipinski definition) is 1. The number of benzene rings is 2. The Kier molecular flexibility index (Phi) is 3.75. The minimum Gasteiger partial charge on any atom is -0.398 e.